The second-order valence-corrected chi connectivity index (χ2v) is 8.27. The number of aromatic nitrogens is 1. The number of rotatable bonds is 6. The number of amides is 1. The third-order valence-corrected chi connectivity index (χ3v) is 5.88. The van der Waals surface area contributed by atoms with E-state index in [1.54, 1.807) is 13.0 Å². The van der Waals surface area contributed by atoms with Crippen molar-refractivity contribution in [1.82, 2.24) is 5.16 Å². The zero-order valence-corrected chi connectivity index (χ0v) is 18.8. The molecule has 6 nitrogen and oxygen atoms in total. The van der Waals surface area contributed by atoms with Crippen molar-refractivity contribution in [2.45, 2.75) is 6.92 Å². The van der Waals surface area contributed by atoms with Gasteiger partial charge in [0.1, 0.15) is 10.6 Å². The molecule has 2 heterocycles. The van der Waals surface area contributed by atoms with E-state index in [4.69, 9.17) is 9.26 Å². The van der Waals surface area contributed by atoms with Gasteiger partial charge in [0.15, 0.2) is 11.5 Å². The normalized spacial score (nSPS) is 10.6. The van der Waals surface area contributed by atoms with Crippen molar-refractivity contribution in [2.24, 2.45) is 0 Å². The van der Waals surface area contributed by atoms with E-state index < -0.39 is 11.9 Å². The highest BCUT2D eigenvalue weighted by atomic mass is 79.9. The average molecular weight is 497 g/mol. The Morgan fingerprint density at radius 3 is 2.55 bits per heavy atom. The van der Waals surface area contributed by atoms with Crippen molar-refractivity contribution >= 4 is 44.1 Å². The minimum atomic E-state index is -0.492. The Labute approximate surface area is 191 Å². The van der Waals surface area contributed by atoms with E-state index in [0.717, 1.165) is 15.6 Å². The van der Waals surface area contributed by atoms with E-state index in [9.17, 15) is 9.59 Å². The maximum atomic E-state index is 12.8. The van der Waals surface area contributed by atoms with Crippen molar-refractivity contribution in [3.05, 3.63) is 81.8 Å². The van der Waals surface area contributed by atoms with Crippen LogP contribution in [0, 0.1) is 0 Å². The van der Waals surface area contributed by atoms with Crippen LogP contribution in [0.1, 0.15) is 27.8 Å². The highest BCUT2D eigenvalue weighted by Gasteiger charge is 2.24. The first-order chi connectivity index (χ1) is 15.1. The van der Waals surface area contributed by atoms with E-state index in [2.05, 4.69) is 26.4 Å². The van der Waals surface area contributed by atoms with Gasteiger partial charge in [-0.3, -0.25) is 4.79 Å². The summed E-state index contributed by atoms with van der Waals surface area (Å²) >= 11 is 4.64. The molecule has 0 saturated carbocycles. The highest BCUT2D eigenvalue weighted by Crippen LogP contribution is 2.36. The average Bonchev–Trinajstić information content (AvgIpc) is 3.43. The SMILES string of the molecule is CCOC(=O)c1c(-c2ccccc2)csc1NC(=O)c1cc(-c2ccc(Br)cc2)on1. The lowest BCUT2D eigenvalue weighted by Gasteiger charge is -2.08. The van der Waals surface area contributed by atoms with Crippen LogP contribution in [-0.4, -0.2) is 23.6 Å². The Morgan fingerprint density at radius 2 is 1.84 bits per heavy atom. The number of esters is 1. The molecule has 156 valence electrons. The summed E-state index contributed by atoms with van der Waals surface area (Å²) in [6.45, 7) is 1.97. The molecule has 8 heteroatoms. The highest BCUT2D eigenvalue weighted by molar-refractivity contribution is 9.10. The fraction of sp³-hybridized carbons (Fsp3) is 0.0870. The van der Waals surface area contributed by atoms with E-state index in [0.29, 0.717) is 21.9 Å². The lowest BCUT2D eigenvalue weighted by atomic mass is 10.0. The molecule has 2 aromatic heterocycles. The number of benzene rings is 2. The molecule has 1 N–H and O–H groups in total. The summed E-state index contributed by atoms with van der Waals surface area (Å²) in [6.07, 6.45) is 0. The van der Waals surface area contributed by atoms with Crippen LogP contribution in [0.2, 0.25) is 0 Å². The maximum Gasteiger partial charge on any atom is 0.341 e. The van der Waals surface area contributed by atoms with Crippen molar-refractivity contribution in [3.8, 4) is 22.5 Å². The van der Waals surface area contributed by atoms with Crippen molar-refractivity contribution in [1.29, 1.82) is 0 Å². The fourth-order valence-electron chi connectivity index (χ4n) is 2.99. The number of hydrogen-bond donors (Lipinski definition) is 1. The molecule has 0 spiro atoms. The number of halogens is 1. The van der Waals surface area contributed by atoms with E-state index >= 15 is 0 Å². The number of carbonyl (C=O) groups excluding carboxylic acids is 2. The van der Waals surface area contributed by atoms with Crippen LogP contribution in [0.25, 0.3) is 22.5 Å². The summed E-state index contributed by atoms with van der Waals surface area (Å²) in [5.74, 6) is -0.493. The number of anilines is 1. The topological polar surface area (TPSA) is 81.4 Å². The van der Waals surface area contributed by atoms with Crippen molar-refractivity contribution in [3.63, 3.8) is 0 Å². The van der Waals surface area contributed by atoms with Gasteiger partial charge in [-0.15, -0.1) is 11.3 Å². The van der Waals surface area contributed by atoms with Crippen LogP contribution < -0.4 is 5.32 Å². The summed E-state index contributed by atoms with van der Waals surface area (Å²) in [7, 11) is 0. The summed E-state index contributed by atoms with van der Waals surface area (Å²) in [4.78, 5) is 25.5. The van der Waals surface area contributed by atoms with Gasteiger partial charge in [-0.1, -0.05) is 63.6 Å². The summed E-state index contributed by atoms with van der Waals surface area (Å²) < 4.78 is 11.5. The minimum absolute atomic E-state index is 0.113. The Morgan fingerprint density at radius 1 is 1.10 bits per heavy atom. The number of ether oxygens (including phenoxy) is 1. The van der Waals surface area contributed by atoms with Crippen LogP contribution in [0.5, 0.6) is 0 Å². The lowest BCUT2D eigenvalue weighted by Crippen LogP contribution is -2.15. The molecule has 0 aliphatic carbocycles. The van der Waals surface area contributed by atoms with Crippen LogP contribution in [0.15, 0.2) is 75.0 Å². The molecule has 0 saturated heterocycles. The summed E-state index contributed by atoms with van der Waals surface area (Å²) in [5.41, 5.74) is 2.80. The molecule has 0 aliphatic rings. The summed E-state index contributed by atoms with van der Waals surface area (Å²) in [6, 6.07) is 18.5. The lowest BCUT2D eigenvalue weighted by molar-refractivity contribution is 0.0529. The quantitative estimate of drug-likeness (QED) is 0.318. The van der Waals surface area contributed by atoms with Gasteiger partial charge in [0.25, 0.3) is 5.91 Å². The molecule has 1 amide bonds. The van der Waals surface area contributed by atoms with Gasteiger partial charge >= 0.3 is 5.97 Å². The second-order valence-electron chi connectivity index (χ2n) is 6.48. The monoisotopic (exact) mass is 496 g/mol. The molecule has 0 fully saturated rings. The number of carbonyl (C=O) groups is 2. The van der Waals surface area contributed by atoms with Gasteiger partial charge in [-0.2, -0.15) is 0 Å². The zero-order chi connectivity index (χ0) is 21.8. The largest absolute Gasteiger partial charge is 0.462 e. The molecule has 0 unspecified atom stereocenters. The summed E-state index contributed by atoms with van der Waals surface area (Å²) in [5, 5.41) is 8.88. The van der Waals surface area contributed by atoms with E-state index in [-0.39, 0.29) is 12.3 Å². The number of nitrogens with zero attached hydrogens (tertiary/aromatic N) is 1. The third-order valence-electron chi connectivity index (χ3n) is 4.45. The van der Waals surface area contributed by atoms with Crippen molar-refractivity contribution in [2.75, 3.05) is 11.9 Å². The van der Waals surface area contributed by atoms with Crippen LogP contribution >= 0.6 is 27.3 Å². The molecule has 0 bridgehead atoms. The van der Waals surface area contributed by atoms with Gasteiger partial charge < -0.3 is 14.6 Å². The molecule has 31 heavy (non-hydrogen) atoms. The van der Waals surface area contributed by atoms with Crippen LogP contribution in [-0.2, 0) is 4.74 Å². The predicted molar refractivity (Wildman–Crippen MR) is 123 cm³/mol. The third kappa shape index (κ3) is 4.60. The molecule has 0 radical (unpaired) electrons. The van der Waals surface area contributed by atoms with Gasteiger partial charge in [0.05, 0.1) is 6.61 Å². The van der Waals surface area contributed by atoms with Crippen LogP contribution in [0.3, 0.4) is 0 Å². The molecular formula is C23H17BrN2O4S. The smallest absolute Gasteiger partial charge is 0.341 e. The fourth-order valence-corrected chi connectivity index (χ4v) is 4.20. The number of thiophene rings is 1. The number of hydrogen-bond acceptors (Lipinski definition) is 6. The van der Waals surface area contributed by atoms with E-state index in [1.165, 1.54) is 11.3 Å². The first-order valence-corrected chi connectivity index (χ1v) is 11.1. The second kappa shape index (κ2) is 9.28. The predicted octanol–water partition coefficient (Wildman–Crippen LogP) is 6.26. The Bertz CT molecular complexity index is 1220. The van der Waals surface area contributed by atoms with Gasteiger partial charge in [0.2, 0.25) is 0 Å². The molecule has 0 aliphatic heterocycles. The molecule has 4 aromatic rings. The molecule has 4 rings (SSSR count). The Balaban J connectivity index is 1.62. The Hall–Kier alpha value is -3.23. The molecule has 2 aromatic carbocycles. The van der Waals surface area contributed by atoms with Gasteiger partial charge in [-0.25, -0.2) is 4.79 Å². The van der Waals surface area contributed by atoms with Gasteiger partial charge in [-0.05, 0) is 24.6 Å². The van der Waals surface area contributed by atoms with Crippen LogP contribution in [0.4, 0.5) is 5.00 Å². The first-order valence-electron chi connectivity index (χ1n) is 9.45. The zero-order valence-electron chi connectivity index (χ0n) is 16.4. The van der Waals surface area contributed by atoms with Gasteiger partial charge in [0, 0.05) is 27.0 Å². The maximum absolute atomic E-state index is 12.8. The standard InChI is InChI=1S/C23H17BrN2O4S/c1-2-29-23(28)20-17(14-6-4-3-5-7-14)13-31-22(20)25-21(27)18-12-19(30-26-18)15-8-10-16(24)11-9-15/h3-13H,2H2,1H3,(H,25,27). The number of nitrogens with one attached hydrogen (secondary N) is 1. The minimum Gasteiger partial charge on any atom is -0.462 e. The first kappa shape index (κ1) is 21.0. The molecular weight excluding hydrogens is 480 g/mol. The van der Waals surface area contributed by atoms with Crippen molar-refractivity contribution < 1.29 is 18.8 Å². The van der Waals surface area contributed by atoms with E-state index in [1.807, 2.05) is 60.0 Å². The molecule has 0 atom stereocenters. The Kier molecular flexibility index (Phi) is 6.29.